The van der Waals surface area contributed by atoms with Gasteiger partial charge in [-0.3, -0.25) is 9.88 Å². The summed E-state index contributed by atoms with van der Waals surface area (Å²) in [6, 6.07) is 10.8. The fourth-order valence-corrected chi connectivity index (χ4v) is 3.40. The maximum Gasteiger partial charge on any atom is 0.123 e. The van der Waals surface area contributed by atoms with Gasteiger partial charge in [-0.15, -0.1) is 0 Å². The fourth-order valence-electron chi connectivity index (χ4n) is 3.40. The molecular formula is C21H29N3O2. The number of anilines is 1. The largest absolute Gasteiger partial charge is 0.494 e. The Morgan fingerprint density at radius 1 is 1.08 bits per heavy atom. The average molecular weight is 355 g/mol. The third kappa shape index (κ3) is 5.36. The number of nitrogens with zero attached hydrogens (tertiary/aromatic N) is 2. The minimum Gasteiger partial charge on any atom is -0.494 e. The Labute approximate surface area is 156 Å². The number of piperidine rings is 1. The van der Waals surface area contributed by atoms with Crippen molar-refractivity contribution in [2.45, 2.75) is 39.3 Å². The van der Waals surface area contributed by atoms with Gasteiger partial charge in [0.1, 0.15) is 11.5 Å². The van der Waals surface area contributed by atoms with Gasteiger partial charge in [-0.05, 0) is 56.5 Å². The normalized spacial score (nSPS) is 15.6. The van der Waals surface area contributed by atoms with Crippen molar-refractivity contribution in [2.75, 3.05) is 31.6 Å². The van der Waals surface area contributed by atoms with E-state index in [-0.39, 0.29) is 0 Å². The summed E-state index contributed by atoms with van der Waals surface area (Å²) in [6.07, 6.45) is 5.97. The molecule has 1 saturated heterocycles. The highest BCUT2D eigenvalue weighted by Gasteiger charge is 2.19. The van der Waals surface area contributed by atoms with Crippen molar-refractivity contribution < 1.29 is 9.47 Å². The van der Waals surface area contributed by atoms with E-state index in [9.17, 15) is 0 Å². The molecule has 0 unspecified atom stereocenters. The maximum atomic E-state index is 5.69. The van der Waals surface area contributed by atoms with E-state index in [2.05, 4.69) is 33.4 Å². The van der Waals surface area contributed by atoms with Crippen LogP contribution in [0.4, 0.5) is 5.69 Å². The molecule has 0 aliphatic carbocycles. The average Bonchev–Trinajstić information content (AvgIpc) is 2.65. The van der Waals surface area contributed by atoms with Crippen molar-refractivity contribution in [1.29, 1.82) is 0 Å². The van der Waals surface area contributed by atoms with E-state index >= 15 is 0 Å². The number of pyridine rings is 1. The van der Waals surface area contributed by atoms with Gasteiger partial charge in [0, 0.05) is 44.1 Å². The summed E-state index contributed by atoms with van der Waals surface area (Å²) in [6.45, 7) is 8.45. The summed E-state index contributed by atoms with van der Waals surface area (Å²) < 4.78 is 11.4. The molecule has 1 fully saturated rings. The van der Waals surface area contributed by atoms with Gasteiger partial charge in [0.2, 0.25) is 0 Å². The minimum atomic E-state index is 0.518. The van der Waals surface area contributed by atoms with Crippen LogP contribution in [0.15, 0.2) is 42.7 Å². The highest BCUT2D eigenvalue weighted by molar-refractivity contribution is 5.41. The van der Waals surface area contributed by atoms with Crippen LogP contribution in [0.5, 0.6) is 11.5 Å². The lowest BCUT2D eigenvalue weighted by Gasteiger charge is -2.33. The highest BCUT2D eigenvalue weighted by Crippen LogP contribution is 2.25. The number of hydrogen-bond acceptors (Lipinski definition) is 5. The van der Waals surface area contributed by atoms with Crippen LogP contribution in [-0.2, 0) is 6.54 Å². The zero-order chi connectivity index (χ0) is 18.2. The fraction of sp³-hybridized carbons (Fsp3) is 0.476. The lowest BCUT2D eigenvalue weighted by atomic mass is 10.0. The topological polar surface area (TPSA) is 46.6 Å². The van der Waals surface area contributed by atoms with Crippen LogP contribution in [0.2, 0.25) is 0 Å². The SMILES string of the molecule is CCOc1cc(CN2CCC(Nc3cccnc3)CC2)cc(OCC)c1. The molecule has 0 radical (unpaired) electrons. The van der Waals surface area contributed by atoms with E-state index < -0.39 is 0 Å². The summed E-state index contributed by atoms with van der Waals surface area (Å²) in [5, 5.41) is 3.59. The number of ether oxygens (including phenoxy) is 2. The molecule has 5 heteroatoms. The molecule has 5 nitrogen and oxygen atoms in total. The molecule has 0 amide bonds. The molecule has 0 spiro atoms. The van der Waals surface area contributed by atoms with Crippen LogP contribution in [-0.4, -0.2) is 42.2 Å². The van der Waals surface area contributed by atoms with Crippen LogP contribution in [0, 0.1) is 0 Å². The number of aromatic nitrogens is 1. The molecule has 1 N–H and O–H groups in total. The van der Waals surface area contributed by atoms with E-state index in [4.69, 9.17) is 9.47 Å². The molecule has 3 rings (SSSR count). The third-order valence-electron chi connectivity index (χ3n) is 4.59. The predicted octanol–water partition coefficient (Wildman–Crippen LogP) is 3.96. The second-order valence-electron chi connectivity index (χ2n) is 6.62. The van der Waals surface area contributed by atoms with Crippen molar-refractivity contribution in [3.05, 3.63) is 48.3 Å². The number of rotatable bonds is 8. The molecular weight excluding hydrogens is 326 g/mol. The first-order valence-electron chi connectivity index (χ1n) is 9.55. The number of hydrogen-bond donors (Lipinski definition) is 1. The minimum absolute atomic E-state index is 0.518. The second kappa shape index (κ2) is 9.43. The molecule has 0 atom stereocenters. The van der Waals surface area contributed by atoms with Gasteiger partial charge in [-0.25, -0.2) is 0 Å². The molecule has 1 aliphatic heterocycles. The standard InChI is InChI=1S/C21H29N3O2/c1-3-25-20-12-17(13-21(14-20)26-4-2)16-24-10-7-18(8-11-24)23-19-6-5-9-22-15-19/h5-6,9,12-15,18,23H,3-4,7-8,10-11,16H2,1-2H3. The van der Waals surface area contributed by atoms with Crippen LogP contribution >= 0.6 is 0 Å². The summed E-state index contributed by atoms with van der Waals surface area (Å²) >= 11 is 0. The Kier molecular flexibility index (Phi) is 6.72. The monoisotopic (exact) mass is 355 g/mol. The Morgan fingerprint density at radius 2 is 1.77 bits per heavy atom. The van der Waals surface area contributed by atoms with Gasteiger partial charge in [0.25, 0.3) is 0 Å². The molecule has 2 heterocycles. The van der Waals surface area contributed by atoms with Crippen LogP contribution in [0.3, 0.4) is 0 Å². The predicted molar refractivity (Wildman–Crippen MR) is 105 cm³/mol. The van der Waals surface area contributed by atoms with Crippen molar-refractivity contribution in [2.24, 2.45) is 0 Å². The van der Waals surface area contributed by atoms with E-state index in [1.54, 1.807) is 6.20 Å². The Hall–Kier alpha value is -2.27. The molecule has 1 aromatic heterocycles. The Bertz CT molecular complexity index is 646. The van der Waals surface area contributed by atoms with Crippen LogP contribution in [0.1, 0.15) is 32.3 Å². The van der Waals surface area contributed by atoms with Crippen LogP contribution < -0.4 is 14.8 Å². The first kappa shape index (κ1) is 18.5. The summed E-state index contributed by atoms with van der Waals surface area (Å²) in [5.74, 6) is 1.78. The third-order valence-corrected chi connectivity index (χ3v) is 4.59. The summed E-state index contributed by atoms with van der Waals surface area (Å²) in [7, 11) is 0. The molecule has 26 heavy (non-hydrogen) atoms. The highest BCUT2D eigenvalue weighted by atomic mass is 16.5. The zero-order valence-electron chi connectivity index (χ0n) is 15.8. The van der Waals surface area contributed by atoms with Gasteiger partial charge in [0.05, 0.1) is 18.9 Å². The van der Waals surface area contributed by atoms with Gasteiger partial charge >= 0.3 is 0 Å². The lowest BCUT2D eigenvalue weighted by Crippen LogP contribution is -2.38. The molecule has 1 aliphatic rings. The Morgan fingerprint density at radius 3 is 2.35 bits per heavy atom. The zero-order valence-corrected chi connectivity index (χ0v) is 15.8. The smallest absolute Gasteiger partial charge is 0.123 e. The van der Waals surface area contributed by atoms with Crippen molar-refractivity contribution in [3.8, 4) is 11.5 Å². The molecule has 140 valence electrons. The maximum absolute atomic E-state index is 5.69. The van der Waals surface area contributed by atoms with Crippen molar-refractivity contribution >= 4 is 5.69 Å². The molecule has 2 aromatic rings. The van der Waals surface area contributed by atoms with Gasteiger partial charge < -0.3 is 14.8 Å². The first-order chi connectivity index (χ1) is 12.8. The number of nitrogens with one attached hydrogen (secondary N) is 1. The second-order valence-corrected chi connectivity index (χ2v) is 6.62. The van der Waals surface area contributed by atoms with Crippen LogP contribution in [0.25, 0.3) is 0 Å². The van der Waals surface area contributed by atoms with Gasteiger partial charge in [0.15, 0.2) is 0 Å². The lowest BCUT2D eigenvalue weighted by molar-refractivity contribution is 0.210. The first-order valence-corrected chi connectivity index (χ1v) is 9.55. The molecule has 0 bridgehead atoms. The quantitative estimate of drug-likeness (QED) is 0.777. The van der Waals surface area contributed by atoms with E-state index in [0.717, 1.165) is 49.7 Å². The number of likely N-dealkylation sites (tertiary alicyclic amines) is 1. The van der Waals surface area contributed by atoms with Crippen molar-refractivity contribution in [3.63, 3.8) is 0 Å². The molecule has 0 saturated carbocycles. The molecule has 1 aromatic carbocycles. The van der Waals surface area contributed by atoms with E-state index in [1.165, 1.54) is 5.56 Å². The van der Waals surface area contributed by atoms with E-state index in [0.29, 0.717) is 19.3 Å². The van der Waals surface area contributed by atoms with Gasteiger partial charge in [-0.2, -0.15) is 0 Å². The van der Waals surface area contributed by atoms with E-state index in [1.807, 2.05) is 32.2 Å². The number of benzene rings is 1. The summed E-state index contributed by atoms with van der Waals surface area (Å²) in [5.41, 5.74) is 2.36. The summed E-state index contributed by atoms with van der Waals surface area (Å²) in [4.78, 5) is 6.67. The Balaban J connectivity index is 1.55. The van der Waals surface area contributed by atoms with Crippen molar-refractivity contribution in [1.82, 2.24) is 9.88 Å². The van der Waals surface area contributed by atoms with Gasteiger partial charge in [-0.1, -0.05) is 0 Å².